The topological polar surface area (TPSA) is 68.3 Å². The van der Waals surface area contributed by atoms with E-state index in [0.29, 0.717) is 10.6 Å². The van der Waals surface area contributed by atoms with E-state index in [-0.39, 0.29) is 5.56 Å². The first-order valence-corrected chi connectivity index (χ1v) is 8.78. The average Bonchev–Trinajstić information content (AvgIpc) is 2.93. The fourth-order valence-corrected chi connectivity index (χ4v) is 3.99. The molecule has 0 aliphatic rings. The number of carbonyl (C=O) groups excluding carboxylic acids is 1. The van der Waals surface area contributed by atoms with Crippen LogP contribution in [0.15, 0.2) is 47.4 Å². The van der Waals surface area contributed by atoms with Crippen LogP contribution >= 0.6 is 11.3 Å². The Bertz CT molecular complexity index is 905. The van der Waals surface area contributed by atoms with Gasteiger partial charge in [-0.25, -0.2) is 14.0 Å². The Kier molecular flexibility index (Phi) is 4.40. The SMILES string of the molecule is COC(=O)c1ccccc1S(=O)Nc1ccc2sc(C)nc2c1. The first kappa shape index (κ1) is 15.6. The van der Waals surface area contributed by atoms with Crippen molar-refractivity contribution in [1.29, 1.82) is 0 Å². The van der Waals surface area contributed by atoms with Crippen LogP contribution in [0.2, 0.25) is 0 Å². The molecule has 0 amide bonds. The van der Waals surface area contributed by atoms with E-state index in [2.05, 4.69) is 9.71 Å². The molecule has 0 aliphatic heterocycles. The number of aryl methyl sites for hydroxylation is 1. The van der Waals surface area contributed by atoms with Gasteiger partial charge in [0, 0.05) is 5.69 Å². The van der Waals surface area contributed by atoms with Crippen molar-refractivity contribution in [3.8, 4) is 0 Å². The third kappa shape index (κ3) is 3.25. The Labute approximate surface area is 139 Å². The number of carbonyl (C=O) groups is 1. The van der Waals surface area contributed by atoms with E-state index in [1.165, 1.54) is 7.11 Å². The van der Waals surface area contributed by atoms with Crippen LogP contribution in [0.4, 0.5) is 5.69 Å². The number of anilines is 1. The van der Waals surface area contributed by atoms with Crippen molar-refractivity contribution in [3.05, 3.63) is 53.0 Å². The third-order valence-electron chi connectivity index (χ3n) is 3.20. The van der Waals surface area contributed by atoms with Crippen molar-refractivity contribution >= 4 is 44.2 Å². The summed E-state index contributed by atoms with van der Waals surface area (Å²) in [5, 5.41) is 0.981. The van der Waals surface area contributed by atoms with Crippen molar-refractivity contribution < 1.29 is 13.7 Å². The lowest BCUT2D eigenvalue weighted by Crippen LogP contribution is -2.11. The van der Waals surface area contributed by atoms with E-state index in [1.807, 2.05) is 25.1 Å². The molecule has 0 bridgehead atoms. The molecular weight excluding hydrogens is 332 g/mol. The molecule has 0 saturated carbocycles. The van der Waals surface area contributed by atoms with E-state index in [1.54, 1.807) is 35.6 Å². The summed E-state index contributed by atoms with van der Waals surface area (Å²) < 4.78 is 21.3. The molecule has 1 N–H and O–H groups in total. The summed E-state index contributed by atoms with van der Waals surface area (Å²) in [6.45, 7) is 1.95. The summed E-state index contributed by atoms with van der Waals surface area (Å²) in [6, 6.07) is 12.3. The smallest absolute Gasteiger partial charge is 0.339 e. The Morgan fingerprint density at radius 1 is 1.26 bits per heavy atom. The number of esters is 1. The molecule has 7 heteroatoms. The normalized spacial score (nSPS) is 12.1. The van der Waals surface area contributed by atoms with E-state index < -0.39 is 17.0 Å². The molecule has 0 aliphatic carbocycles. The molecule has 2 aromatic carbocycles. The van der Waals surface area contributed by atoms with Gasteiger partial charge >= 0.3 is 5.97 Å². The lowest BCUT2D eigenvalue weighted by Gasteiger charge is -2.09. The second-order valence-corrected chi connectivity index (χ2v) is 7.19. The standard InChI is InChI=1S/C16H14N2O3S2/c1-10-17-13-9-11(7-8-14(13)22-10)18-23(20)15-6-4-3-5-12(15)16(19)21-2/h3-9,18H,1-2H3. The monoisotopic (exact) mass is 346 g/mol. The van der Waals surface area contributed by atoms with E-state index in [9.17, 15) is 9.00 Å². The van der Waals surface area contributed by atoms with Crippen molar-refractivity contribution in [2.45, 2.75) is 11.8 Å². The molecule has 0 fully saturated rings. The van der Waals surface area contributed by atoms with Crippen LogP contribution in [0.25, 0.3) is 10.2 Å². The number of fused-ring (bicyclic) bond motifs is 1. The summed E-state index contributed by atoms with van der Waals surface area (Å²) >= 11 is 1.61. The Balaban J connectivity index is 1.90. The lowest BCUT2D eigenvalue weighted by molar-refractivity contribution is 0.0596. The van der Waals surface area contributed by atoms with E-state index in [4.69, 9.17) is 4.74 Å². The number of methoxy groups -OCH3 is 1. The lowest BCUT2D eigenvalue weighted by atomic mass is 10.2. The number of thiazole rings is 1. The maximum absolute atomic E-state index is 12.6. The minimum Gasteiger partial charge on any atom is -0.465 e. The van der Waals surface area contributed by atoms with Gasteiger partial charge in [-0.15, -0.1) is 11.3 Å². The van der Waals surface area contributed by atoms with Gasteiger partial charge < -0.3 is 9.46 Å². The van der Waals surface area contributed by atoms with Crippen LogP contribution in [0, 0.1) is 6.92 Å². The predicted molar refractivity (Wildman–Crippen MR) is 92.2 cm³/mol. The van der Waals surface area contributed by atoms with Gasteiger partial charge in [0.05, 0.1) is 32.8 Å². The van der Waals surface area contributed by atoms with E-state index in [0.717, 1.165) is 15.2 Å². The van der Waals surface area contributed by atoms with Gasteiger partial charge in [0.2, 0.25) is 0 Å². The molecule has 0 radical (unpaired) electrons. The first-order valence-electron chi connectivity index (χ1n) is 6.81. The van der Waals surface area contributed by atoms with E-state index >= 15 is 0 Å². The summed E-state index contributed by atoms with van der Waals surface area (Å²) in [7, 11) is -0.280. The zero-order chi connectivity index (χ0) is 16.4. The summed E-state index contributed by atoms with van der Waals surface area (Å²) in [5.74, 6) is -0.513. The van der Waals surface area contributed by atoms with Crippen molar-refractivity contribution in [3.63, 3.8) is 0 Å². The molecule has 23 heavy (non-hydrogen) atoms. The highest BCUT2D eigenvalue weighted by Crippen LogP contribution is 2.25. The molecule has 1 atom stereocenters. The van der Waals surface area contributed by atoms with Crippen LogP contribution in [-0.4, -0.2) is 22.3 Å². The molecule has 3 aromatic rings. The maximum atomic E-state index is 12.6. The molecule has 3 rings (SSSR count). The molecule has 1 unspecified atom stereocenters. The second-order valence-electron chi connectivity index (χ2n) is 4.77. The number of rotatable bonds is 4. The molecule has 0 spiro atoms. The van der Waals surface area contributed by atoms with Crippen molar-refractivity contribution in [2.75, 3.05) is 11.8 Å². The zero-order valence-corrected chi connectivity index (χ0v) is 14.2. The van der Waals surface area contributed by atoms with Gasteiger partial charge in [0.25, 0.3) is 0 Å². The summed E-state index contributed by atoms with van der Waals surface area (Å²) in [4.78, 5) is 16.6. The van der Waals surface area contributed by atoms with Crippen LogP contribution in [0.5, 0.6) is 0 Å². The third-order valence-corrected chi connectivity index (χ3v) is 5.33. The molecular formula is C16H14N2O3S2. The molecule has 1 aromatic heterocycles. The number of hydrogen-bond acceptors (Lipinski definition) is 5. The molecule has 1 heterocycles. The average molecular weight is 346 g/mol. The molecule has 5 nitrogen and oxygen atoms in total. The minimum atomic E-state index is -1.58. The fraction of sp³-hybridized carbons (Fsp3) is 0.125. The van der Waals surface area contributed by atoms with Gasteiger partial charge in [-0.05, 0) is 37.3 Å². The highest BCUT2D eigenvalue weighted by Gasteiger charge is 2.16. The number of hydrogen-bond donors (Lipinski definition) is 1. The van der Waals surface area contributed by atoms with Crippen LogP contribution < -0.4 is 4.72 Å². The zero-order valence-electron chi connectivity index (χ0n) is 12.5. The second kappa shape index (κ2) is 6.47. The predicted octanol–water partition coefficient (Wildman–Crippen LogP) is 3.53. The number of nitrogens with one attached hydrogen (secondary N) is 1. The molecule has 118 valence electrons. The van der Waals surface area contributed by atoms with Gasteiger partial charge in [-0.1, -0.05) is 12.1 Å². The summed E-state index contributed by atoms with van der Waals surface area (Å²) in [5.41, 5.74) is 1.82. The van der Waals surface area contributed by atoms with Crippen LogP contribution in [0.1, 0.15) is 15.4 Å². The Morgan fingerprint density at radius 3 is 2.83 bits per heavy atom. The number of benzene rings is 2. The minimum absolute atomic E-state index is 0.284. The highest BCUT2D eigenvalue weighted by atomic mass is 32.2. The number of nitrogens with zero attached hydrogens (tertiary/aromatic N) is 1. The van der Waals surface area contributed by atoms with Gasteiger partial charge in [-0.2, -0.15) is 0 Å². The maximum Gasteiger partial charge on any atom is 0.339 e. The fourth-order valence-electron chi connectivity index (χ4n) is 2.18. The first-order chi connectivity index (χ1) is 11.1. The quantitative estimate of drug-likeness (QED) is 0.734. The van der Waals surface area contributed by atoms with Gasteiger partial charge in [-0.3, -0.25) is 0 Å². The summed E-state index contributed by atoms with van der Waals surface area (Å²) in [6.07, 6.45) is 0. The number of aromatic nitrogens is 1. The van der Waals surface area contributed by atoms with Crippen molar-refractivity contribution in [1.82, 2.24) is 4.98 Å². The van der Waals surface area contributed by atoms with Gasteiger partial charge in [0.1, 0.15) is 0 Å². The van der Waals surface area contributed by atoms with Crippen LogP contribution in [0.3, 0.4) is 0 Å². The van der Waals surface area contributed by atoms with Crippen LogP contribution in [-0.2, 0) is 15.7 Å². The number of ether oxygens (including phenoxy) is 1. The Morgan fingerprint density at radius 2 is 2.04 bits per heavy atom. The van der Waals surface area contributed by atoms with Gasteiger partial charge in [0.15, 0.2) is 11.0 Å². The highest BCUT2D eigenvalue weighted by molar-refractivity contribution is 7.86. The van der Waals surface area contributed by atoms with Crippen molar-refractivity contribution in [2.24, 2.45) is 0 Å². The molecule has 0 saturated heterocycles. The largest absolute Gasteiger partial charge is 0.465 e. The Hall–Kier alpha value is -2.25.